The van der Waals surface area contributed by atoms with Gasteiger partial charge in [-0.1, -0.05) is 0 Å². The monoisotopic (exact) mass is 162 g/mol. The lowest BCUT2D eigenvalue weighted by Crippen LogP contribution is -2.11. The van der Waals surface area contributed by atoms with Crippen LogP contribution in [0.2, 0.25) is 0 Å². The maximum absolute atomic E-state index is 10.8. The van der Waals surface area contributed by atoms with Crippen molar-refractivity contribution in [2.45, 2.75) is 0 Å². The molecule has 2 heterocycles. The van der Waals surface area contributed by atoms with Gasteiger partial charge in [0.15, 0.2) is 5.69 Å². The molecule has 5 nitrogen and oxygen atoms in total. The Bertz CT molecular complexity index is 434. The van der Waals surface area contributed by atoms with E-state index in [0.717, 1.165) is 0 Å². The lowest BCUT2D eigenvalue weighted by atomic mass is 10.3. The van der Waals surface area contributed by atoms with Crippen LogP contribution < -0.4 is 5.73 Å². The zero-order chi connectivity index (χ0) is 8.55. The summed E-state index contributed by atoms with van der Waals surface area (Å²) in [6.07, 6.45) is 4.65. The minimum Gasteiger partial charge on any atom is -0.364 e. The van der Waals surface area contributed by atoms with Crippen LogP contribution in [0.5, 0.6) is 0 Å². The zero-order valence-corrected chi connectivity index (χ0v) is 6.14. The average Bonchev–Trinajstić information content (AvgIpc) is 2.47. The van der Waals surface area contributed by atoms with Crippen LogP contribution >= 0.6 is 0 Å². The normalized spacial score (nSPS) is 10.3. The van der Waals surface area contributed by atoms with Crippen LogP contribution in [-0.4, -0.2) is 20.3 Å². The highest BCUT2D eigenvalue weighted by Crippen LogP contribution is 2.05. The Hall–Kier alpha value is -1.91. The van der Waals surface area contributed by atoms with Gasteiger partial charge in [0.05, 0.1) is 5.52 Å². The number of carbonyl (C=O) groups excluding carboxylic acids is 1. The van der Waals surface area contributed by atoms with Crippen LogP contribution in [0.3, 0.4) is 0 Å². The van der Waals surface area contributed by atoms with Crippen molar-refractivity contribution in [1.29, 1.82) is 0 Å². The summed E-state index contributed by atoms with van der Waals surface area (Å²) >= 11 is 0. The van der Waals surface area contributed by atoms with E-state index in [1.54, 1.807) is 23.0 Å². The number of primary amides is 1. The van der Waals surface area contributed by atoms with Gasteiger partial charge in [-0.3, -0.25) is 9.20 Å². The topological polar surface area (TPSA) is 73.3 Å². The third kappa shape index (κ3) is 0.833. The van der Waals surface area contributed by atoms with Crippen molar-refractivity contribution in [3.05, 3.63) is 30.6 Å². The second-order valence-corrected chi connectivity index (χ2v) is 2.33. The molecule has 0 aliphatic heterocycles. The summed E-state index contributed by atoms with van der Waals surface area (Å²) < 4.78 is 1.64. The van der Waals surface area contributed by atoms with Crippen LogP contribution in [0.4, 0.5) is 0 Å². The molecule has 0 spiro atoms. The lowest BCUT2D eigenvalue weighted by molar-refractivity contribution is 0.0997. The van der Waals surface area contributed by atoms with Gasteiger partial charge in [-0.15, -0.1) is 0 Å². The molecule has 0 atom stereocenters. The first-order valence-corrected chi connectivity index (χ1v) is 3.35. The third-order valence-electron chi connectivity index (χ3n) is 1.57. The molecule has 0 aliphatic rings. The standard InChI is InChI=1S/C7H6N4O/c8-7(12)6-5-1-2-9-3-11(5)4-10-6/h1-4H,(H2,8,12). The highest BCUT2D eigenvalue weighted by molar-refractivity contribution is 5.97. The van der Waals surface area contributed by atoms with Crippen LogP contribution in [0.1, 0.15) is 10.5 Å². The van der Waals surface area contributed by atoms with Crippen molar-refractivity contribution in [1.82, 2.24) is 14.4 Å². The van der Waals surface area contributed by atoms with E-state index in [9.17, 15) is 4.79 Å². The molecule has 0 fully saturated rings. The quantitative estimate of drug-likeness (QED) is 0.632. The van der Waals surface area contributed by atoms with Crippen molar-refractivity contribution >= 4 is 11.4 Å². The van der Waals surface area contributed by atoms with Crippen molar-refractivity contribution < 1.29 is 4.79 Å². The summed E-state index contributed by atoms with van der Waals surface area (Å²) in [6, 6.07) is 1.69. The highest BCUT2D eigenvalue weighted by Gasteiger charge is 2.07. The number of hydrogen-bond donors (Lipinski definition) is 1. The van der Waals surface area contributed by atoms with E-state index in [0.29, 0.717) is 5.52 Å². The smallest absolute Gasteiger partial charge is 0.269 e. The number of rotatable bonds is 1. The van der Waals surface area contributed by atoms with Crippen LogP contribution in [0.15, 0.2) is 24.9 Å². The number of fused-ring (bicyclic) bond motifs is 1. The molecule has 2 N–H and O–H groups in total. The number of hydrogen-bond acceptors (Lipinski definition) is 3. The Labute approximate surface area is 67.9 Å². The second-order valence-electron chi connectivity index (χ2n) is 2.33. The Morgan fingerprint density at radius 2 is 2.33 bits per heavy atom. The number of amides is 1. The minimum absolute atomic E-state index is 0.275. The molecule has 2 aromatic heterocycles. The van der Waals surface area contributed by atoms with Crippen molar-refractivity contribution in [2.75, 3.05) is 0 Å². The molecule has 0 saturated heterocycles. The molecule has 1 amide bonds. The molecule has 2 rings (SSSR count). The van der Waals surface area contributed by atoms with E-state index in [1.165, 1.54) is 6.33 Å². The largest absolute Gasteiger partial charge is 0.364 e. The third-order valence-corrected chi connectivity index (χ3v) is 1.57. The second kappa shape index (κ2) is 2.30. The van der Waals surface area contributed by atoms with E-state index < -0.39 is 5.91 Å². The number of nitrogens with two attached hydrogens (primary N) is 1. The van der Waals surface area contributed by atoms with Crippen molar-refractivity contribution in [2.24, 2.45) is 5.73 Å². The molecule has 0 aliphatic carbocycles. The molecule has 2 aromatic rings. The van der Waals surface area contributed by atoms with Gasteiger partial charge in [0, 0.05) is 6.20 Å². The first kappa shape index (κ1) is 6.78. The molecule has 5 heteroatoms. The van der Waals surface area contributed by atoms with E-state index in [-0.39, 0.29) is 5.69 Å². The van der Waals surface area contributed by atoms with Crippen LogP contribution in [0, 0.1) is 0 Å². The van der Waals surface area contributed by atoms with E-state index in [4.69, 9.17) is 5.73 Å². The maximum atomic E-state index is 10.8. The average molecular weight is 162 g/mol. The van der Waals surface area contributed by atoms with E-state index >= 15 is 0 Å². The van der Waals surface area contributed by atoms with Gasteiger partial charge in [-0.25, -0.2) is 9.97 Å². The first-order valence-electron chi connectivity index (χ1n) is 3.35. The van der Waals surface area contributed by atoms with Gasteiger partial charge in [0.2, 0.25) is 0 Å². The fourth-order valence-electron chi connectivity index (χ4n) is 1.04. The van der Waals surface area contributed by atoms with Crippen molar-refractivity contribution in [3.8, 4) is 0 Å². The van der Waals surface area contributed by atoms with Crippen LogP contribution in [0.25, 0.3) is 5.52 Å². The van der Waals surface area contributed by atoms with E-state index in [1.807, 2.05) is 0 Å². The lowest BCUT2D eigenvalue weighted by Gasteiger charge is -1.91. The molecule has 0 saturated carbocycles. The summed E-state index contributed by atoms with van der Waals surface area (Å²) in [5.74, 6) is -0.524. The number of carbonyl (C=O) groups is 1. The predicted molar refractivity (Wildman–Crippen MR) is 41.5 cm³/mol. The number of imidazole rings is 1. The summed E-state index contributed by atoms with van der Waals surface area (Å²) in [7, 11) is 0. The minimum atomic E-state index is -0.524. The molecular formula is C7H6N4O. The molecule has 0 unspecified atom stereocenters. The summed E-state index contributed by atoms with van der Waals surface area (Å²) in [5.41, 5.74) is 6.04. The van der Waals surface area contributed by atoms with Gasteiger partial charge in [0.25, 0.3) is 5.91 Å². The fraction of sp³-hybridized carbons (Fsp3) is 0. The molecule has 0 aromatic carbocycles. The Morgan fingerprint density at radius 1 is 1.50 bits per heavy atom. The van der Waals surface area contributed by atoms with Gasteiger partial charge >= 0.3 is 0 Å². The first-order chi connectivity index (χ1) is 5.79. The van der Waals surface area contributed by atoms with Gasteiger partial charge in [-0.05, 0) is 6.07 Å². The molecular weight excluding hydrogens is 156 g/mol. The van der Waals surface area contributed by atoms with Crippen molar-refractivity contribution in [3.63, 3.8) is 0 Å². The Balaban J connectivity index is 2.79. The summed E-state index contributed by atoms with van der Waals surface area (Å²) in [5, 5.41) is 0. The zero-order valence-electron chi connectivity index (χ0n) is 6.14. The van der Waals surface area contributed by atoms with Gasteiger partial charge < -0.3 is 5.73 Å². The fourth-order valence-corrected chi connectivity index (χ4v) is 1.04. The van der Waals surface area contributed by atoms with Gasteiger partial charge in [0.1, 0.15) is 12.7 Å². The molecule has 12 heavy (non-hydrogen) atoms. The Kier molecular flexibility index (Phi) is 1.30. The van der Waals surface area contributed by atoms with Crippen LogP contribution in [-0.2, 0) is 0 Å². The Morgan fingerprint density at radius 3 is 3.08 bits per heavy atom. The number of aromatic nitrogens is 3. The maximum Gasteiger partial charge on any atom is 0.269 e. The SMILES string of the molecule is NC(=O)c1ncn2cnccc12. The summed E-state index contributed by atoms with van der Waals surface area (Å²) in [4.78, 5) is 18.5. The van der Waals surface area contributed by atoms with Gasteiger partial charge in [-0.2, -0.15) is 0 Å². The highest BCUT2D eigenvalue weighted by atomic mass is 16.1. The summed E-state index contributed by atoms with van der Waals surface area (Å²) in [6.45, 7) is 0. The van der Waals surface area contributed by atoms with E-state index in [2.05, 4.69) is 9.97 Å². The molecule has 0 bridgehead atoms. The molecule has 0 radical (unpaired) electrons. The number of nitrogens with zero attached hydrogens (tertiary/aromatic N) is 3. The predicted octanol–water partition coefficient (Wildman–Crippen LogP) is -0.172. The molecule has 60 valence electrons.